The van der Waals surface area contributed by atoms with Crippen LogP contribution in [0.1, 0.15) is 26.2 Å². The molecule has 1 fully saturated rings. The third-order valence-corrected chi connectivity index (χ3v) is 4.78. The molecule has 1 heterocycles. The number of carbonyl (C=O) groups is 2. The van der Waals surface area contributed by atoms with Crippen molar-refractivity contribution >= 4 is 29.6 Å². The van der Waals surface area contributed by atoms with E-state index in [4.69, 9.17) is 11.6 Å². The van der Waals surface area contributed by atoms with Crippen molar-refractivity contribution in [2.24, 2.45) is 5.92 Å². The quantitative estimate of drug-likeness (QED) is 0.436. The fraction of sp³-hybridized carbons (Fsp3) is 0.556. The van der Waals surface area contributed by atoms with Crippen LogP contribution in [0.2, 0.25) is 5.02 Å². The zero-order valence-corrected chi connectivity index (χ0v) is 15.4. The van der Waals surface area contributed by atoms with Crippen molar-refractivity contribution in [3.63, 3.8) is 0 Å². The van der Waals surface area contributed by atoms with Gasteiger partial charge in [0, 0.05) is 36.9 Å². The number of anilines is 1. The molecule has 0 saturated carbocycles. The Kier molecular flexibility index (Phi) is 7.52. The van der Waals surface area contributed by atoms with Crippen molar-refractivity contribution in [1.82, 2.24) is 9.96 Å². The van der Waals surface area contributed by atoms with Crippen LogP contribution in [-0.4, -0.2) is 60.2 Å². The molecule has 0 bridgehead atoms. The maximum atomic E-state index is 12.8. The third-order valence-electron chi connectivity index (χ3n) is 4.55. The summed E-state index contributed by atoms with van der Waals surface area (Å²) in [6.45, 7) is 4.84. The molecule has 1 N–H and O–H groups in total. The molecule has 1 atom stereocenters. The normalized spacial score (nSPS) is 15.8. The molecule has 0 aliphatic carbocycles. The van der Waals surface area contributed by atoms with E-state index in [0.29, 0.717) is 36.0 Å². The molecule has 1 saturated heterocycles. The Morgan fingerprint density at radius 2 is 2.08 bits per heavy atom. The minimum atomic E-state index is -0.354. The summed E-state index contributed by atoms with van der Waals surface area (Å²) >= 11 is 6.05. The van der Waals surface area contributed by atoms with E-state index >= 15 is 0 Å². The molecule has 0 aromatic heterocycles. The average Bonchev–Trinajstić information content (AvgIpc) is 2.64. The lowest BCUT2D eigenvalue weighted by atomic mass is 10.00. The Bertz CT molecular complexity index is 576. The van der Waals surface area contributed by atoms with Gasteiger partial charge in [0.25, 0.3) is 0 Å². The van der Waals surface area contributed by atoms with E-state index < -0.39 is 0 Å². The molecular weight excluding hydrogens is 342 g/mol. The number of unbranched alkanes of at least 4 members (excludes halogenated alkanes) is 1. The Labute approximate surface area is 153 Å². The lowest BCUT2D eigenvalue weighted by molar-refractivity contribution is -0.157. The largest absolute Gasteiger partial charge is 0.368 e. The van der Waals surface area contributed by atoms with Gasteiger partial charge in [0.2, 0.25) is 12.3 Å². The van der Waals surface area contributed by atoms with Gasteiger partial charge in [0.1, 0.15) is 0 Å². The molecule has 0 spiro atoms. The van der Waals surface area contributed by atoms with Crippen LogP contribution in [0.25, 0.3) is 0 Å². The van der Waals surface area contributed by atoms with Crippen molar-refractivity contribution in [2.45, 2.75) is 26.2 Å². The summed E-state index contributed by atoms with van der Waals surface area (Å²) in [5.41, 5.74) is 1.06. The van der Waals surface area contributed by atoms with E-state index in [-0.39, 0.29) is 18.4 Å². The molecule has 1 aromatic rings. The minimum absolute atomic E-state index is 0.0140. The van der Waals surface area contributed by atoms with Gasteiger partial charge in [-0.2, -0.15) is 0 Å². The standard InChI is InChI=1S/C18H26ClN3O3/c1-2-3-5-15(13-22(25)14-23)18(24)21-10-8-20(9-11-21)17-7-4-6-16(19)12-17/h4,6-7,12,14-15,25H,2-3,5,8-11,13H2,1H3. The predicted octanol–water partition coefficient (Wildman–Crippen LogP) is 2.64. The maximum Gasteiger partial charge on any atom is 0.233 e. The van der Waals surface area contributed by atoms with Crippen LogP contribution in [0.3, 0.4) is 0 Å². The second-order valence-electron chi connectivity index (χ2n) is 6.36. The number of rotatable bonds is 8. The van der Waals surface area contributed by atoms with E-state index in [0.717, 1.165) is 31.6 Å². The Morgan fingerprint density at radius 3 is 2.68 bits per heavy atom. The summed E-state index contributed by atoms with van der Waals surface area (Å²) in [6, 6.07) is 7.71. The van der Waals surface area contributed by atoms with Gasteiger partial charge >= 0.3 is 0 Å². The molecule has 2 amide bonds. The number of hydrogen-bond donors (Lipinski definition) is 1. The van der Waals surface area contributed by atoms with Crippen LogP contribution in [0.15, 0.2) is 24.3 Å². The molecule has 6 nitrogen and oxygen atoms in total. The molecular formula is C18H26ClN3O3. The number of benzene rings is 1. The van der Waals surface area contributed by atoms with Crippen molar-refractivity contribution in [3.8, 4) is 0 Å². The van der Waals surface area contributed by atoms with Crippen molar-refractivity contribution in [3.05, 3.63) is 29.3 Å². The second-order valence-corrected chi connectivity index (χ2v) is 6.80. The number of hydrogen-bond acceptors (Lipinski definition) is 4. The van der Waals surface area contributed by atoms with E-state index in [9.17, 15) is 14.8 Å². The molecule has 1 unspecified atom stereocenters. The van der Waals surface area contributed by atoms with Gasteiger partial charge in [-0.1, -0.05) is 37.4 Å². The molecule has 25 heavy (non-hydrogen) atoms. The summed E-state index contributed by atoms with van der Waals surface area (Å²) in [6.07, 6.45) is 2.89. The van der Waals surface area contributed by atoms with Crippen LogP contribution in [0.5, 0.6) is 0 Å². The zero-order valence-electron chi connectivity index (χ0n) is 14.6. The van der Waals surface area contributed by atoms with E-state index in [1.54, 1.807) is 0 Å². The van der Waals surface area contributed by atoms with Gasteiger partial charge < -0.3 is 9.80 Å². The summed E-state index contributed by atoms with van der Waals surface area (Å²) in [5, 5.41) is 10.7. The first-order valence-corrected chi connectivity index (χ1v) is 9.13. The minimum Gasteiger partial charge on any atom is -0.368 e. The summed E-state index contributed by atoms with van der Waals surface area (Å²) < 4.78 is 0. The zero-order chi connectivity index (χ0) is 18.2. The fourth-order valence-electron chi connectivity index (χ4n) is 3.13. The number of piperazine rings is 1. The molecule has 2 rings (SSSR count). The van der Waals surface area contributed by atoms with Crippen LogP contribution in [0, 0.1) is 5.92 Å². The highest BCUT2D eigenvalue weighted by atomic mass is 35.5. The van der Waals surface area contributed by atoms with Crippen molar-refractivity contribution < 1.29 is 14.8 Å². The SMILES string of the molecule is CCCCC(CN(O)C=O)C(=O)N1CCN(c2cccc(Cl)c2)CC1. The van der Waals surface area contributed by atoms with Gasteiger partial charge in [0.15, 0.2) is 0 Å². The monoisotopic (exact) mass is 367 g/mol. The molecule has 1 aromatic carbocycles. The van der Waals surface area contributed by atoms with E-state index in [2.05, 4.69) is 11.8 Å². The van der Waals surface area contributed by atoms with Gasteiger partial charge in [-0.15, -0.1) is 0 Å². The topological polar surface area (TPSA) is 64.1 Å². The van der Waals surface area contributed by atoms with Crippen molar-refractivity contribution in [1.29, 1.82) is 0 Å². The van der Waals surface area contributed by atoms with E-state index in [1.807, 2.05) is 29.2 Å². The number of amides is 2. The van der Waals surface area contributed by atoms with Crippen LogP contribution < -0.4 is 4.90 Å². The van der Waals surface area contributed by atoms with Gasteiger partial charge in [-0.3, -0.25) is 14.8 Å². The first kappa shape index (κ1) is 19.5. The maximum absolute atomic E-state index is 12.8. The lowest BCUT2D eigenvalue weighted by Gasteiger charge is -2.38. The summed E-state index contributed by atoms with van der Waals surface area (Å²) in [4.78, 5) is 27.5. The van der Waals surface area contributed by atoms with Crippen LogP contribution in [-0.2, 0) is 9.59 Å². The number of carbonyl (C=O) groups excluding carboxylic acids is 2. The second kappa shape index (κ2) is 9.63. The molecule has 0 radical (unpaired) electrons. The molecule has 138 valence electrons. The van der Waals surface area contributed by atoms with Crippen molar-refractivity contribution in [2.75, 3.05) is 37.6 Å². The van der Waals surface area contributed by atoms with Gasteiger partial charge in [0.05, 0.1) is 12.5 Å². The Morgan fingerprint density at radius 1 is 1.36 bits per heavy atom. The third kappa shape index (κ3) is 5.61. The van der Waals surface area contributed by atoms with Crippen LogP contribution in [0.4, 0.5) is 5.69 Å². The molecule has 7 heteroatoms. The van der Waals surface area contributed by atoms with E-state index in [1.165, 1.54) is 0 Å². The lowest BCUT2D eigenvalue weighted by Crippen LogP contribution is -2.51. The Balaban J connectivity index is 1.94. The highest BCUT2D eigenvalue weighted by molar-refractivity contribution is 6.30. The first-order valence-electron chi connectivity index (χ1n) is 8.75. The van der Waals surface area contributed by atoms with Gasteiger partial charge in [-0.25, -0.2) is 5.06 Å². The summed E-state index contributed by atoms with van der Waals surface area (Å²) in [7, 11) is 0. The van der Waals surface area contributed by atoms with Gasteiger partial charge in [-0.05, 0) is 24.6 Å². The molecule has 1 aliphatic heterocycles. The molecule has 1 aliphatic rings. The number of halogens is 1. The smallest absolute Gasteiger partial charge is 0.233 e. The highest BCUT2D eigenvalue weighted by Gasteiger charge is 2.28. The number of nitrogens with zero attached hydrogens (tertiary/aromatic N) is 3. The number of hydroxylamine groups is 2. The highest BCUT2D eigenvalue weighted by Crippen LogP contribution is 2.22. The average molecular weight is 368 g/mol. The fourth-order valence-corrected chi connectivity index (χ4v) is 3.31. The summed E-state index contributed by atoms with van der Waals surface area (Å²) in [5.74, 6) is -0.340. The Hall–Kier alpha value is -1.79. The van der Waals surface area contributed by atoms with Crippen LogP contribution >= 0.6 is 11.6 Å². The predicted molar refractivity (Wildman–Crippen MR) is 97.8 cm³/mol. The first-order chi connectivity index (χ1) is 12.0.